The maximum atomic E-state index is 4.79. The Hall–Kier alpha value is -0.0600. The minimum Gasteiger partial charge on any atom is -0.311 e. The van der Waals surface area contributed by atoms with Gasteiger partial charge in [-0.3, -0.25) is 0 Å². The number of thioether (sulfide) groups is 1. The van der Waals surface area contributed by atoms with Crippen LogP contribution in [0.2, 0.25) is 0 Å². The van der Waals surface area contributed by atoms with Crippen LogP contribution < -0.4 is 5.32 Å². The zero-order valence-electron chi connectivity index (χ0n) is 10.2. The topological polar surface area (TPSA) is 24.9 Å². The summed E-state index contributed by atoms with van der Waals surface area (Å²) < 4.78 is 0. The number of thiazole rings is 1. The fraction of sp³-hybridized carbons (Fsp3) is 0.750. The highest BCUT2D eigenvalue weighted by Gasteiger charge is 2.28. The van der Waals surface area contributed by atoms with Crippen molar-refractivity contribution >= 4 is 23.1 Å². The van der Waals surface area contributed by atoms with Gasteiger partial charge in [0.15, 0.2) is 0 Å². The van der Waals surface area contributed by atoms with Crippen molar-refractivity contribution in [2.45, 2.75) is 32.7 Å². The molecule has 2 atom stereocenters. The molecule has 2 unspecified atom stereocenters. The molecule has 0 aliphatic carbocycles. The standard InChI is InChI=1S/C12H20N2S2/c1-4-10-8(2)16-12(14-10)11(13-3)9-5-6-15-7-9/h9,11,13H,4-7H2,1-3H3. The number of hydrogen-bond donors (Lipinski definition) is 1. The third kappa shape index (κ3) is 2.44. The van der Waals surface area contributed by atoms with Crippen molar-refractivity contribution in [2.24, 2.45) is 5.92 Å². The molecule has 0 amide bonds. The Balaban J connectivity index is 2.18. The number of aryl methyl sites for hydroxylation is 2. The largest absolute Gasteiger partial charge is 0.311 e. The van der Waals surface area contributed by atoms with Crippen LogP contribution in [0.5, 0.6) is 0 Å². The second-order valence-corrected chi connectivity index (χ2v) is 6.68. The molecule has 90 valence electrons. The van der Waals surface area contributed by atoms with Gasteiger partial charge in [-0.05, 0) is 44.2 Å². The van der Waals surface area contributed by atoms with Gasteiger partial charge in [-0.15, -0.1) is 11.3 Å². The van der Waals surface area contributed by atoms with Gasteiger partial charge in [0, 0.05) is 4.88 Å². The van der Waals surface area contributed by atoms with Gasteiger partial charge in [0.1, 0.15) is 5.01 Å². The van der Waals surface area contributed by atoms with Crippen molar-refractivity contribution in [3.8, 4) is 0 Å². The van der Waals surface area contributed by atoms with E-state index in [1.54, 1.807) is 0 Å². The lowest BCUT2D eigenvalue weighted by atomic mass is 10.00. The molecule has 1 aromatic rings. The molecule has 0 aromatic carbocycles. The third-order valence-corrected chi connectivity index (χ3v) is 5.54. The van der Waals surface area contributed by atoms with Crippen molar-refractivity contribution in [1.29, 1.82) is 0 Å². The molecule has 4 heteroatoms. The summed E-state index contributed by atoms with van der Waals surface area (Å²) in [6.45, 7) is 4.38. The maximum absolute atomic E-state index is 4.79. The molecule has 0 saturated carbocycles. The van der Waals surface area contributed by atoms with E-state index in [-0.39, 0.29) is 0 Å². The van der Waals surface area contributed by atoms with Crippen molar-refractivity contribution < 1.29 is 0 Å². The Labute approximate surface area is 106 Å². The van der Waals surface area contributed by atoms with E-state index in [1.165, 1.54) is 33.5 Å². The highest BCUT2D eigenvalue weighted by Crippen LogP contribution is 2.36. The van der Waals surface area contributed by atoms with Crippen molar-refractivity contribution in [3.63, 3.8) is 0 Å². The van der Waals surface area contributed by atoms with E-state index >= 15 is 0 Å². The van der Waals surface area contributed by atoms with Gasteiger partial charge in [0.2, 0.25) is 0 Å². The van der Waals surface area contributed by atoms with Crippen molar-refractivity contribution in [1.82, 2.24) is 10.3 Å². The average Bonchev–Trinajstić information content (AvgIpc) is 2.89. The Morgan fingerprint density at radius 2 is 2.38 bits per heavy atom. The molecule has 2 nitrogen and oxygen atoms in total. The number of nitrogens with zero attached hydrogens (tertiary/aromatic N) is 1. The molecule has 0 bridgehead atoms. The SMILES string of the molecule is CCc1nc(C(NC)C2CCSC2)sc1C. The van der Waals surface area contributed by atoms with Crippen LogP contribution >= 0.6 is 23.1 Å². The molecule has 0 radical (unpaired) electrons. The Kier molecular flexibility index (Phi) is 4.27. The number of nitrogens with one attached hydrogen (secondary N) is 1. The average molecular weight is 256 g/mol. The molecule has 1 N–H and O–H groups in total. The van der Waals surface area contributed by atoms with Gasteiger partial charge in [-0.2, -0.15) is 11.8 Å². The highest BCUT2D eigenvalue weighted by atomic mass is 32.2. The molecule has 1 aromatic heterocycles. The lowest BCUT2D eigenvalue weighted by molar-refractivity contribution is 0.418. The van der Waals surface area contributed by atoms with Gasteiger partial charge >= 0.3 is 0 Å². The van der Waals surface area contributed by atoms with Crippen LogP contribution in [0.25, 0.3) is 0 Å². The van der Waals surface area contributed by atoms with Crippen LogP contribution in [0.1, 0.15) is 35.0 Å². The minimum atomic E-state index is 0.471. The summed E-state index contributed by atoms with van der Waals surface area (Å²) in [7, 11) is 2.07. The molecule has 1 aliphatic heterocycles. The number of hydrogen-bond acceptors (Lipinski definition) is 4. The minimum absolute atomic E-state index is 0.471. The van der Waals surface area contributed by atoms with Crippen LogP contribution in [0.3, 0.4) is 0 Å². The van der Waals surface area contributed by atoms with Crippen LogP contribution in [0, 0.1) is 12.8 Å². The van der Waals surface area contributed by atoms with Crippen LogP contribution in [-0.2, 0) is 6.42 Å². The van der Waals surface area contributed by atoms with Crippen LogP contribution in [-0.4, -0.2) is 23.5 Å². The van der Waals surface area contributed by atoms with Gasteiger partial charge < -0.3 is 5.32 Å². The number of aromatic nitrogens is 1. The fourth-order valence-electron chi connectivity index (χ4n) is 2.29. The van der Waals surface area contributed by atoms with E-state index in [2.05, 4.69) is 38.0 Å². The van der Waals surface area contributed by atoms with E-state index in [0.29, 0.717) is 6.04 Å². The van der Waals surface area contributed by atoms with E-state index in [4.69, 9.17) is 4.98 Å². The second kappa shape index (κ2) is 5.52. The first kappa shape index (κ1) is 12.4. The summed E-state index contributed by atoms with van der Waals surface area (Å²) >= 11 is 3.95. The summed E-state index contributed by atoms with van der Waals surface area (Å²) in [6.07, 6.45) is 2.38. The highest BCUT2D eigenvalue weighted by molar-refractivity contribution is 7.99. The first-order valence-electron chi connectivity index (χ1n) is 5.97. The maximum Gasteiger partial charge on any atom is 0.110 e. The summed E-state index contributed by atoms with van der Waals surface area (Å²) in [5, 5.41) is 4.76. The van der Waals surface area contributed by atoms with Gasteiger partial charge in [0.25, 0.3) is 0 Å². The summed E-state index contributed by atoms with van der Waals surface area (Å²) in [5.74, 6) is 3.37. The zero-order chi connectivity index (χ0) is 11.5. The normalized spacial score (nSPS) is 22.6. The predicted molar refractivity (Wildman–Crippen MR) is 73.5 cm³/mol. The smallest absolute Gasteiger partial charge is 0.110 e. The molecule has 16 heavy (non-hydrogen) atoms. The second-order valence-electron chi connectivity index (χ2n) is 4.30. The first-order chi connectivity index (χ1) is 7.76. The molecule has 1 saturated heterocycles. The first-order valence-corrected chi connectivity index (χ1v) is 7.94. The molecule has 1 aliphatic rings. The quantitative estimate of drug-likeness (QED) is 0.896. The van der Waals surface area contributed by atoms with E-state index in [9.17, 15) is 0 Å². The molecule has 1 fully saturated rings. The van der Waals surface area contributed by atoms with Crippen LogP contribution in [0.15, 0.2) is 0 Å². The summed E-state index contributed by atoms with van der Waals surface area (Å²) in [4.78, 5) is 6.18. The Morgan fingerprint density at radius 1 is 1.56 bits per heavy atom. The molecular weight excluding hydrogens is 236 g/mol. The molecule has 0 spiro atoms. The number of rotatable bonds is 4. The van der Waals surface area contributed by atoms with E-state index in [0.717, 1.165) is 12.3 Å². The molecular formula is C12H20N2S2. The lowest BCUT2D eigenvalue weighted by Gasteiger charge is -2.19. The summed E-state index contributed by atoms with van der Waals surface area (Å²) in [5.41, 5.74) is 1.28. The van der Waals surface area contributed by atoms with Crippen LogP contribution in [0.4, 0.5) is 0 Å². The van der Waals surface area contributed by atoms with Gasteiger partial charge in [0.05, 0.1) is 11.7 Å². The Morgan fingerprint density at radius 3 is 2.88 bits per heavy atom. The van der Waals surface area contributed by atoms with Gasteiger partial charge in [-0.1, -0.05) is 6.92 Å². The lowest BCUT2D eigenvalue weighted by Crippen LogP contribution is -2.25. The van der Waals surface area contributed by atoms with Crippen molar-refractivity contribution in [2.75, 3.05) is 18.6 Å². The Bertz CT molecular complexity index is 343. The van der Waals surface area contributed by atoms with Gasteiger partial charge in [-0.25, -0.2) is 4.98 Å². The van der Waals surface area contributed by atoms with E-state index in [1.807, 2.05) is 11.3 Å². The summed E-state index contributed by atoms with van der Waals surface area (Å²) in [6, 6.07) is 0.471. The van der Waals surface area contributed by atoms with E-state index < -0.39 is 0 Å². The molecule has 2 rings (SSSR count). The van der Waals surface area contributed by atoms with Crippen molar-refractivity contribution in [3.05, 3.63) is 15.6 Å². The fourth-order valence-corrected chi connectivity index (χ4v) is 4.80. The zero-order valence-corrected chi connectivity index (χ0v) is 11.9. The predicted octanol–water partition coefficient (Wildman–Crippen LogP) is 3.03. The molecule has 2 heterocycles. The monoisotopic (exact) mass is 256 g/mol. The third-order valence-electron chi connectivity index (χ3n) is 3.26.